The molecule has 35 heavy (non-hydrogen) atoms. The second kappa shape index (κ2) is 10.7. The molecule has 8 nitrogen and oxygen atoms in total. The van der Waals surface area contributed by atoms with E-state index >= 15 is 0 Å². The van der Waals surface area contributed by atoms with Gasteiger partial charge in [-0.15, -0.1) is 0 Å². The Labute approximate surface area is 206 Å². The average Bonchev–Trinajstić information content (AvgIpc) is 3.06. The first kappa shape index (κ1) is 24.3. The monoisotopic (exact) mass is 482 g/mol. The van der Waals surface area contributed by atoms with E-state index in [4.69, 9.17) is 5.11 Å². The predicted octanol–water partition coefficient (Wildman–Crippen LogP) is 3.92. The Morgan fingerprint density at radius 1 is 0.971 bits per heavy atom. The fourth-order valence-corrected chi connectivity index (χ4v) is 6.84. The van der Waals surface area contributed by atoms with Gasteiger partial charge in [-0.25, -0.2) is 4.98 Å². The molecule has 2 bridgehead atoms. The Hall–Kier alpha value is -2.45. The van der Waals surface area contributed by atoms with Crippen LogP contribution in [0.3, 0.4) is 0 Å². The zero-order valence-corrected chi connectivity index (χ0v) is 20.4. The number of rotatable bonds is 7. The topological polar surface area (TPSA) is 108 Å². The Bertz CT molecular complexity index is 1080. The van der Waals surface area contributed by atoms with Crippen LogP contribution in [0.25, 0.3) is 11.0 Å². The molecule has 0 radical (unpaired) electrons. The highest BCUT2D eigenvalue weighted by molar-refractivity contribution is 5.76. The first-order chi connectivity index (χ1) is 17.0. The van der Waals surface area contributed by atoms with Gasteiger partial charge in [0, 0.05) is 30.7 Å². The Kier molecular flexibility index (Phi) is 7.39. The molecule has 1 aromatic carbocycles. The van der Waals surface area contributed by atoms with Gasteiger partial charge < -0.3 is 20.1 Å². The molecule has 0 amide bonds. The summed E-state index contributed by atoms with van der Waals surface area (Å²) in [7, 11) is 0. The number of carboxylic acids is 1. The standard InChI is InChI=1S/C27H38N4O4/c32-22(16-25(33)34)17-28-26-27(35)31(24-11-7-6-10-23(24)29-26)21-14-19-12-13-20(15-21)30(19)18-8-4-2-1-3-5-9-18/h6-7,10-11,18-22,32H,1-5,8-9,12-17H2,(H,28,29)(H,33,34)/t19-,20+,21+,22?. The number of hydrogen-bond acceptors (Lipinski definition) is 6. The number of piperidine rings is 1. The quantitative estimate of drug-likeness (QED) is 0.549. The van der Waals surface area contributed by atoms with Gasteiger partial charge in [0.15, 0.2) is 5.82 Å². The van der Waals surface area contributed by atoms with Gasteiger partial charge in [-0.3, -0.25) is 14.5 Å². The number of aliphatic carboxylic acids is 1. The van der Waals surface area contributed by atoms with Crippen molar-refractivity contribution < 1.29 is 15.0 Å². The third kappa shape index (κ3) is 5.23. The number of nitrogens with one attached hydrogen (secondary N) is 1. The summed E-state index contributed by atoms with van der Waals surface area (Å²) in [5, 5.41) is 21.8. The lowest BCUT2D eigenvalue weighted by Crippen LogP contribution is -2.50. The number of para-hydroxylation sites is 2. The summed E-state index contributed by atoms with van der Waals surface area (Å²) >= 11 is 0. The maximum Gasteiger partial charge on any atom is 0.306 e. The van der Waals surface area contributed by atoms with Gasteiger partial charge in [0.1, 0.15) is 0 Å². The van der Waals surface area contributed by atoms with Crippen molar-refractivity contribution in [1.82, 2.24) is 14.5 Å². The summed E-state index contributed by atoms with van der Waals surface area (Å²) in [5.74, 6) is -0.891. The summed E-state index contributed by atoms with van der Waals surface area (Å²) in [4.78, 5) is 31.9. The number of anilines is 1. The van der Waals surface area contributed by atoms with Gasteiger partial charge in [-0.05, 0) is 50.7 Å². The second-order valence-corrected chi connectivity index (χ2v) is 10.7. The molecule has 3 aliphatic rings. The molecule has 1 aliphatic carbocycles. The van der Waals surface area contributed by atoms with Crippen LogP contribution < -0.4 is 10.9 Å². The van der Waals surface area contributed by atoms with Crippen molar-refractivity contribution in [3.05, 3.63) is 34.6 Å². The molecule has 1 saturated carbocycles. The molecule has 2 aliphatic heterocycles. The van der Waals surface area contributed by atoms with Crippen molar-refractivity contribution in [2.75, 3.05) is 11.9 Å². The van der Waals surface area contributed by atoms with Gasteiger partial charge in [0.25, 0.3) is 5.56 Å². The van der Waals surface area contributed by atoms with Crippen molar-refractivity contribution in [3.63, 3.8) is 0 Å². The molecule has 3 N–H and O–H groups in total. The molecular weight excluding hydrogens is 444 g/mol. The number of carbonyl (C=O) groups is 1. The Morgan fingerprint density at radius 2 is 1.63 bits per heavy atom. The van der Waals surface area contributed by atoms with Crippen LogP contribution in [0.2, 0.25) is 0 Å². The molecule has 3 fully saturated rings. The minimum Gasteiger partial charge on any atom is -0.481 e. The predicted molar refractivity (Wildman–Crippen MR) is 136 cm³/mol. The zero-order valence-electron chi connectivity index (χ0n) is 20.4. The molecular formula is C27H38N4O4. The van der Waals surface area contributed by atoms with Crippen molar-refractivity contribution in [1.29, 1.82) is 0 Å². The number of benzene rings is 1. The minimum absolute atomic E-state index is 0.0295. The molecule has 2 aromatic rings. The van der Waals surface area contributed by atoms with Crippen LogP contribution in [0.4, 0.5) is 5.82 Å². The van der Waals surface area contributed by atoms with Crippen LogP contribution in [0.15, 0.2) is 29.1 Å². The van der Waals surface area contributed by atoms with Crippen molar-refractivity contribution in [3.8, 4) is 0 Å². The first-order valence-corrected chi connectivity index (χ1v) is 13.4. The van der Waals surface area contributed by atoms with E-state index in [2.05, 4.69) is 15.2 Å². The SMILES string of the molecule is O=C(O)CC(O)CNc1nc2ccccc2n([C@H]2C[C@H]3CC[C@@H](C2)N3C2CCCCCCC2)c1=O. The Morgan fingerprint density at radius 3 is 2.31 bits per heavy atom. The number of nitrogens with zero attached hydrogens (tertiary/aromatic N) is 3. The van der Waals surface area contributed by atoms with Gasteiger partial charge in [0.05, 0.1) is 23.6 Å². The maximum absolute atomic E-state index is 13.6. The minimum atomic E-state index is -1.09. The smallest absolute Gasteiger partial charge is 0.306 e. The summed E-state index contributed by atoms with van der Waals surface area (Å²) in [6.45, 7) is -0.0295. The lowest BCUT2D eigenvalue weighted by Gasteiger charge is -2.45. The zero-order chi connectivity index (χ0) is 24.4. The van der Waals surface area contributed by atoms with Crippen LogP contribution in [0.5, 0.6) is 0 Å². The Balaban J connectivity index is 1.40. The third-order valence-corrected chi connectivity index (χ3v) is 8.34. The number of hydrogen-bond donors (Lipinski definition) is 3. The van der Waals surface area contributed by atoms with E-state index in [1.165, 1.54) is 57.8 Å². The number of carboxylic acid groups (broad SMARTS) is 1. The number of aliphatic hydroxyl groups excluding tert-OH is 1. The highest BCUT2D eigenvalue weighted by Crippen LogP contribution is 2.44. The fourth-order valence-electron chi connectivity index (χ4n) is 6.84. The lowest BCUT2D eigenvalue weighted by atomic mass is 9.89. The molecule has 2 saturated heterocycles. The summed E-state index contributed by atoms with van der Waals surface area (Å²) < 4.78 is 1.93. The molecule has 5 rings (SSSR count). The van der Waals surface area contributed by atoms with Crippen molar-refractivity contribution in [2.24, 2.45) is 0 Å². The van der Waals surface area contributed by atoms with Crippen LogP contribution in [-0.2, 0) is 4.79 Å². The van der Waals surface area contributed by atoms with Gasteiger partial charge in [-0.2, -0.15) is 0 Å². The average molecular weight is 483 g/mol. The van der Waals surface area contributed by atoms with Crippen LogP contribution in [0.1, 0.15) is 83.1 Å². The summed E-state index contributed by atoms with van der Waals surface area (Å²) in [6.07, 6.45) is 12.3. The maximum atomic E-state index is 13.6. The molecule has 3 heterocycles. The van der Waals surface area contributed by atoms with Crippen molar-refractivity contribution >= 4 is 22.8 Å². The number of fused-ring (bicyclic) bond motifs is 3. The summed E-state index contributed by atoms with van der Waals surface area (Å²) in [5.41, 5.74) is 1.39. The van der Waals surface area contributed by atoms with Gasteiger partial charge >= 0.3 is 5.97 Å². The molecule has 190 valence electrons. The normalized spacial score (nSPS) is 26.8. The highest BCUT2D eigenvalue weighted by Gasteiger charge is 2.44. The third-order valence-electron chi connectivity index (χ3n) is 8.34. The van der Waals surface area contributed by atoms with E-state index in [0.29, 0.717) is 18.1 Å². The van der Waals surface area contributed by atoms with E-state index in [1.807, 2.05) is 28.8 Å². The van der Waals surface area contributed by atoms with E-state index in [0.717, 1.165) is 23.9 Å². The summed E-state index contributed by atoms with van der Waals surface area (Å²) in [6, 6.07) is 9.58. The molecule has 8 heteroatoms. The first-order valence-electron chi connectivity index (χ1n) is 13.4. The van der Waals surface area contributed by atoms with E-state index in [-0.39, 0.29) is 30.4 Å². The van der Waals surface area contributed by atoms with Gasteiger partial charge in [0.2, 0.25) is 0 Å². The van der Waals surface area contributed by atoms with Gasteiger partial charge in [-0.1, -0.05) is 44.2 Å². The number of aliphatic hydroxyl groups is 1. The second-order valence-electron chi connectivity index (χ2n) is 10.7. The van der Waals surface area contributed by atoms with Crippen LogP contribution >= 0.6 is 0 Å². The highest BCUT2D eigenvalue weighted by atomic mass is 16.4. The largest absolute Gasteiger partial charge is 0.481 e. The van der Waals surface area contributed by atoms with E-state index in [9.17, 15) is 14.7 Å². The van der Waals surface area contributed by atoms with Crippen LogP contribution in [0, 0.1) is 0 Å². The van der Waals surface area contributed by atoms with E-state index < -0.39 is 12.1 Å². The molecule has 1 aromatic heterocycles. The molecule has 0 spiro atoms. The van der Waals surface area contributed by atoms with E-state index in [1.54, 1.807) is 0 Å². The number of aromatic nitrogens is 2. The molecule has 1 unspecified atom stereocenters. The fraction of sp³-hybridized carbons (Fsp3) is 0.667. The van der Waals surface area contributed by atoms with Crippen LogP contribution in [-0.4, -0.2) is 61.4 Å². The van der Waals surface area contributed by atoms with Crippen molar-refractivity contribution in [2.45, 2.75) is 107 Å². The lowest BCUT2D eigenvalue weighted by molar-refractivity contribution is -0.138. The molecule has 4 atom stereocenters.